The van der Waals surface area contributed by atoms with E-state index >= 15 is 28.0 Å². The number of alkyl halides is 2. The Morgan fingerprint density at radius 3 is 1.81 bits per heavy atom. The third kappa shape index (κ3) is 22.9. The summed E-state index contributed by atoms with van der Waals surface area (Å²) in [4.78, 5) is 159. The number of aliphatic carboxylic acids is 1. The minimum absolute atomic E-state index is 0.0410. The fourth-order valence-electron chi connectivity index (χ4n) is 16.0. The van der Waals surface area contributed by atoms with Gasteiger partial charge in [-0.25, -0.2) is 8.78 Å². The van der Waals surface area contributed by atoms with Crippen molar-refractivity contribution in [2.24, 2.45) is 41.1 Å². The standard InChI is InChI=1S/C68H105F2N15O13S2/c69-42-11-15-48-46(25-42)40(29-74-48)23-51-63(93)80-52(24-41-30-75-49-16-12-43(70)26-47(41)49)64(94)82-54(28-60(89)90)66(96)81-53(27-44-31-73-36-77-44)65(95)83-55(22-37-9-13-45(86)14-10-37)68(98)85-19-4-8-57(85)67(97)84-56(61(72)91)35-100-34-39-6-3-5-38(21-39)33-99-20-17-58(87)78-50(7-1-2-18-71)62(92)76-32-59(88)79-51/h3,5-6,21,37,40-57,73-75,77,86H,1-2,4,7-20,22-36,71H2,(H2,72,91)(H,76,92)(H,78,87)(H,79,88)(H,80,93)(H,81,96)(H,82,94)(H,83,95)(H,84,97)(H,89,90)/t37?,40?,41?,42?,43?,44?,45?,46?,47?,48?,49?,50-,51+,52+,53+,54+,55+,56+,57+/m1/s1. The van der Waals surface area contributed by atoms with Gasteiger partial charge in [0.2, 0.25) is 59.1 Å². The van der Waals surface area contributed by atoms with Crippen LogP contribution in [0.5, 0.6) is 0 Å². The third-order valence-electron chi connectivity index (χ3n) is 21.4. The number of carbonyl (C=O) groups excluding carboxylic acids is 10. The van der Waals surface area contributed by atoms with Crippen LogP contribution in [-0.2, 0) is 64.2 Å². The maximum atomic E-state index is 15.3. The number of unbranched alkanes of at least 4 members (excludes halogenated alkanes) is 1. The molecule has 2 bridgehead atoms. The molecule has 1 aromatic carbocycles. The molecule has 17 atom stereocenters. The topological polar surface area (TPSA) is 428 Å². The first-order chi connectivity index (χ1) is 48.1. The Hall–Kier alpha value is -6.29. The molecule has 9 rings (SSSR count). The van der Waals surface area contributed by atoms with Crippen LogP contribution < -0.4 is 75.3 Å². The maximum Gasteiger partial charge on any atom is 0.305 e. The van der Waals surface area contributed by atoms with Crippen molar-refractivity contribution in [1.82, 2.24) is 68.7 Å². The molecule has 28 nitrogen and oxygen atoms in total. The van der Waals surface area contributed by atoms with Crippen molar-refractivity contribution in [3.05, 3.63) is 35.4 Å². The molecule has 100 heavy (non-hydrogen) atoms. The molecule has 5 aliphatic heterocycles. The first-order valence-corrected chi connectivity index (χ1v) is 38.4. The molecule has 8 aliphatic rings. The zero-order chi connectivity index (χ0) is 71.4. The van der Waals surface area contributed by atoms with E-state index in [2.05, 4.69) is 63.8 Å². The lowest BCUT2D eigenvalue weighted by Gasteiger charge is -2.34. The Balaban J connectivity index is 1.02. The van der Waals surface area contributed by atoms with E-state index in [9.17, 15) is 43.8 Å². The Bertz CT molecular complexity index is 3010. The lowest BCUT2D eigenvalue weighted by atomic mass is 9.76. The monoisotopic (exact) mass is 1440 g/mol. The molecule has 3 aliphatic carbocycles. The molecule has 18 N–H and O–H groups in total. The summed E-state index contributed by atoms with van der Waals surface area (Å²) in [5.41, 5.74) is 13.6. The van der Waals surface area contributed by atoms with Crippen LogP contribution in [0.2, 0.25) is 0 Å². The summed E-state index contributed by atoms with van der Waals surface area (Å²) in [6, 6.07) is -3.75. The van der Waals surface area contributed by atoms with Gasteiger partial charge in [-0.05, 0) is 182 Å². The van der Waals surface area contributed by atoms with Crippen molar-refractivity contribution in [2.75, 3.05) is 57.4 Å². The van der Waals surface area contributed by atoms with Gasteiger partial charge in [0.1, 0.15) is 60.7 Å². The highest BCUT2D eigenvalue weighted by molar-refractivity contribution is 7.98. The summed E-state index contributed by atoms with van der Waals surface area (Å²) in [7, 11) is 0. The normalized spacial score (nSPS) is 34.9. The van der Waals surface area contributed by atoms with Gasteiger partial charge in [-0.1, -0.05) is 24.3 Å². The van der Waals surface area contributed by atoms with E-state index in [0.29, 0.717) is 121 Å². The number of rotatable bonds is 15. The number of carbonyl (C=O) groups is 11. The van der Waals surface area contributed by atoms with E-state index in [-0.39, 0.29) is 106 Å². The number of carboxylic acid groups (broad SMARTS) is 1. The Morgan fingerprint density at radius 1 is 0.610 bits per heavy atom. The lowest BCUT2D eigenvalue weighted by Crippen LogP contribution is -2.61. The van der Waals surface area contributed by atoms with Gasteiger partial charge in [-0.15, -0.1) is 0 Å². The van der Waals surface area contributed by atoms with Crippen LogP contribution in [-0.4, -0.2) is 223 Å². The van der Waals surface area contributed by atoms with E-state index in [4.69, 9.17) is 11.5 Å². The van der Waals surface area contributed by atoms with Crippen molar-refractivity contribution in [2.45, 2.75) is 231 Å². The summed E-state index contributed by atoms with van der Waals surface area (Å²) in [5, 5.41) is 56.0. The second kappa shape index (κ2) is 38.3. The molecule has 556 valence electrons. The molecule has 0 radical (unpaired) electrons. The van der Waals surface area contributed by atoms with Crippen LogP contribution in [0.15, 0.2) is 24.3 Å². The largest absolute Gasteiger partial charge is 0.481 e. The van der Waals surface area contributed by atoms with Gasteiger partial charge >= 0.3 is 5.97 Å². The Labute approximate surface area is 591 Å². The minimum atomic E-state index is -1.90. The number of hydrogen-bond acceptors (Lipinski definition) is 19. The molecule has 32 heteroatoms. The zero-order valence-corrected chi connectivity index (χ0v) is 58.6. The number of carboxylic acids is 1. The molecule has 0 aromatic heterocycles. The third-order valence-corrected chi connectivity index (χ3v) is 23.5. The molecule has 1 aromatic rings. The maximum absolute atomic E-state index is 15.3. The van der Waals surface area contributed by atoms with E-state index in [1.165, 1.54) is 28.4 Å². The summed E-state index contributed by atoms with van der Waals surface area (Å²) < 4.78 is 30.4. The molecule has 3 saturated carbocycles. The number of aliphatic hydroxyl groups is 1. The van der Waals surface area contributed by atoms with Crippen LogP contribution in [0.4, 0.5) is 8.78 Å². The summed E-state index contributed by atoms with van der Waals surface area (Å²) in [6.07, 6.45) is 1.92. The second-order valence-electron chi connectivity index (χ2n) is 28.7. The molecular weight excluding hydrogens is 1340 g/mol. The molecule has 5 heterocycles. The van der Waals surface area contributed by atoms with E-state index in [1.54, 1.807) is 0 Å². The van der Waals surface area contributed by atoms with Crippen LogP contribution in [0.3, 0.4) is 0 Å². The van der Waals surface area contributed by atoms with Crippen LogP contribution in [0.1, 0.15) is 146 Å². The van der Waals surface area contributed by atoms with Crippen molar-refractivity contribution in [3.63, 3.8) is 0 Å². The summed E-state index contributed by atoms with van der Waals surface area (Å²) >= 11 is 2.86. The first-order valence-electron chi connectivity index (χ1n) is 36.1. The smallest absolute Gasteiger partial charge is 0.305 e. The van der Waals surface area contributed by atoms with Gasteiger partial charge in [0.05, 0.1) is 19.1 Å². The van der Waals surface area contributed by atoms with E-state index in [0.717, 1.165) is 11.1 Å². The lowest BCUT2D eigenvalue weighted by molar-refractivity contribution is -0.143. The number of nitrogens with two attached hydrogens (primary N) is 2. The van der Waals surface area contributed by atoms with Gasteiger partial charge in [0.25, 0.3) is 0 Å². The number of fused-ring (bicyclic) bond motifs is 5. The number of benzene rings is 1. The van der Waals surface area contributed by atoms with E-state index < -0.39 is 157 Å². The van der Waals surface area contributed by atoms with E-state index in [1.807, 2.05) is 24.3 Å². The summed E-state index contributed by atoms with van der Waals surface area (Å²) in [5.74, 6) is -9.24. The number of aliphatic hydroxyl groups excluding tert-OH is 1. The highest BCUT2D eigenvalue weighted by atomic mass is 32.2. The predicted molar refractivity (Wildman–Crippen MR) is 370 cm³/mol. The highest BCUT2D eigenvalue weighted by Crippen LogP contribution is 2.40. The molecule has 9 unspecified atom stereocenters. The van der Waals surface area contributed by atoms with Gasteiger partial charge in [0.15, 0.2) is 0 Å². The van der Waals surface area contributed by atoms with Crippen LogP contribution in [0, 0.1) is 29.6 Å². The average molecular weight is 1440 g/mol. The fourth-order valence-corrected chi connectivity index (χ4v) is 17.9. The fraction of sp³-hybridized carbons (Fsp3) is 0.750. The minimum Gasteiger partial charge on any atom is -0.481 e. The van der Waals surface area contributed by atoms with Gasteiger partial charge < -0.3 is 90.4 Å². The molecule has 10 amide bonds. The number of nitrogens with zero attached hydrogens (tertiary/aromatic N) is 1. The summed E-state index contributed by atoms with van der Waals surface area (Å²) in [6.45, 7) is 1.18. The number of hydrogen-bond donors (Lipinski definition) is 16. The number of amides is 10. The average Bonchev–Trinajstić information content (AvgIpc) is 1.64. The van der Waals surface area contributed by atoms with Crippen LogP contribution >= 0.6 is 23.5 Å². The van der Waals surface area contributed by atoms with Crippen molar-refractivity contribution < 1.29 is 71.7 Å². The van der Waals surface area contributed by atoms with Crippen molar-refractivity contribution >= 4 is 88.6 Å². The SMILES string of the molecule is NCCCC[C@H]1NC(=O)CCSCc2cccc(c2)CSC[C@@H](C(N)=O)NC(=O)[C@@H]2CCCN2C(=O)[C@H](CC2CCC(O)CC2)NC(=O)[C@H](CC2CNCN2)NC(=O)[C@H](CC(=O)O)NC(=O)[C@H](CC2CNC3CCC(F)CC23)NC(=O)[C@H](CC2CNC3CCC(F)CC23)NC(=O)CNC1=O. The van der Waals surface area contributed by atoms with Gasteiger partial charge in [-0.3, -0.25) is 52.7 Å². The predicted octanol–water partition coefficient (Wildman–Crippen LogP) is -0.771. The number of nitrogens with one attached hydrogen (secondary N) is 12. The number of halogens is 2. The van der Waals surface area contributed by atoms with Crippen LogP contribution in [0.25, 0.3) is 0 Å². The molecule has 4 saturated heterocycles. The number of thioether (sulfide) groups is 2. The molecule has 7 fully saturated rings. The second-order valence-corrected chi connectivity index (χ2v) is 30.9. The zero-order valence-electron chi connectivity index (χ0n) is 57.0. The first kappa shape index (κ1) is 77.9. The van der Waals surface area contributed by atoms with Crippen molar-refractivity contribution in [3.8, 4) is 0 Å². The highest BCUT2D eigenvalue weighted by Gasteiger charge is 2.47. The van der Waals surface area contributed by atoms with Crippen molar-refractivity contribution in [1.29, 1.82) is 0 Å². The number of primary amides is 1. The van der Waals surface area contributed by atoms with Gasteiger partial charge in [-0.2, -0.15) is 23.5 Å². The molecule has 0 spiro atoms. The Morgan fingerprint density at radius 2 is 1.20 bits per heavy atom. The van der Waals surface area contributed by atoms with Gasteiger partial charge in [0, 0.05) is 67.3 Å². The quantitative estimate of drug-likeness (QED) is 0.0959. The molecular formula is C68H105F2N15O13S2. The Kier molecular flexibility index (Phi) is 29.8.